The maximum Gasteiger partial charge on any atom is 0.128 e. The lowest BCUT2D eigenvalue weighted by molar-refractivity contribution is 0.619. The van der Waals surface area contributed by atoms with E-state index < -0.39 is 0 Å². The minimum atomic E-state index is -0.219. The van der Waals surface area contributed by atoms with Gasteiger partial charge in [-0.25, -0.2) is 9.37 Å². The Hall–Kier alpha value is -2.21. The summed E-state index contributed by atoms with van der Waals surface area (Å²) in [5.74, 6) is -0.219. The summed E-state index contributed by atoms with van der Waals surface area (Å²) >= 11 is 9.20. The number of hydrogen-bond donors (Lipinski definition) is 1. The van der Waals surface area contributed by atoms with Crippen molar-refractivity contribution in [1.29, 1.82) is 0 Å². The molecule has 0 aliphatic heterocycles. The first-order valence-electron chi connectivity index (χ1n) is 8.40. The van der Waals surface area contributed by atoms with Crippen molar-refractivity contribution in [2.45, 2.75) is 13.3 Å². The average molecular weight is 415 g/mol. The normalized spacial score (nSPS) is 10.9. The third kappa shape index (κ3) is 4.21. The number of rotatable bonds is 5. The molecule has 27 heavy (non-hydrogen) atoms. The molecular weight excluding hydrogens is 399 g/mol. The quantitative estimate of drug-likeness (QED) is 0.370. The Kier molecular flexibility index (Phi) is 5.25. The van der Waals surface area contributed by atoms with Crippen molar-refractivity contribution < 1.29 is 4.39 Å². The number of thiazole rings is 1. The first-order chi connectivity index (χ1) is 13.1. The third-order valence-electron chi connectivity index (χ3n) is 4.12. The van der Waals surface area contributed by atoms with Crippen molar-refractivity contribution in [2.75, 3.05) is 5.32 Å². The molecule has 0 saturated carbocycles. The van der Waals surface area contributed by atoms with E-state index in [2.05, 4.69) is 5.32 Å². The van der Waals surface area contributed by atoms with Crippen LogP contribution < -0.4 is 5.32 Å². The summed E-state index contributed by atoms with van der Waals surface area (Å²) in [6.45, 7) is 1.76. The number of nitrogens with zero attached hydrogens (tertiary/aromatic N) is 1. The van der Waals surface area contributed by atoms with Gasteiger partial charge < -0.3 is 5.32 Å². The predicted molar refractivity (Wildman–Crippen MR) is 114 cm³/mol. The first-order valence-corrected chi connectivity index (χ1v) is 10.5. The highest BCUT2D eigenvalue weighted by atomic mass is 35.5. The fraction of sp³-hybridized carbons (Fsp3) is 0.0952. The number of aryl methyl sites for hydroxylation is 1. The number of nitrogens with one attached hydrogen (secondary N) is 1. The number of hydrogen-bond acceptors (Lipinski definition) is 4. The molecule has 0 fully saturated rings. The molecule has 2 heterocycles. The largest absolute Gasteiger partial charge is 0.345 e. The fourth-order valence-corrected chi connectivity index (χ4v) is 4.63. The molecule has 0 spiro atoms. The predicted octanol–water partition coefficient (Wildman–Crippen LogP) is 7.31. The molecule has 0 bridgehead atoms. The molecule has 0 atom stereocenters. The monoisotopic (exact) mass is 414 g/mol. The number of thiophene rings is 1. The summed E-state index contributed by atoms with van der Waals surface area (Å²) in [5, 5.41) is 8.02. The molecule has 2 aromatic carbocycles. The summed E-state index contributed by atoms with van der Waals surface area (Å²) < 4.78 is 13.9. The second-order valence-corrected chi connectivity index (χ2v) is 8.62. The maximum absolute atomic E-state index is 13.9. The fourth-order valence-electron chi connectivity index (χ4n) is 2.68. The van der Waals surface area contributed by atoms with Crippen molar-refractivity contribution in [3.05, 3.63) is 87.0 Å². The van der Waals surface area contributed by atoms with Crippen LogP contribution in [0.3, 0.4) is 0 Å². The van der Waals surface area contributed by atoms with E-state index in [0.29, 0.717) is 5.56 Å². The molecule has 0 amide bonds. The summed E-state index contributed by atoms with van der Waals surface area (Å²) in [7, 11) is 0. The van der Waals surface area contributed by atoms with Gasteiger partial charge in [-0.2, -0.15) is 0 Å². The molecule has 2 nitrogen and oxygen atoms in total. The zero-order valence-corrected chi connectivity index (χ0v) is 16.9. The molecule has 4 aromatic rings. The summed E-state index contributed by atoms with van der Waals surface area (Å²) in [6.07, 6.45) is 0.726. The van der Waals surface area contributed by atoms with Crippen LogP contribution >= 0.6 is 34.3 Å². The smallest absolute Gasteiger partial charge is 0.128 e. The second-order valence-electron chi connectivity index (χ2n) is 6.15. The standard InChI is InChI=1S/C21H16ClFN2S2/c1-13-4-9-16(12-17(13)23)24-21-20(18-3-2-10-26-18)25-19(27-21)11-14-5-7-15(22)8-6-14/h2-10,12,24H,11H2,1H3. The molecule has 0 aliphatic carbocycles. The van der Waals surface area contributed by atoms with Crippen LogP contribution in [0.5, 0.6) is 0 Å². The van der Waals surface area contributed by atoms with Crippen molar-refractivity contribution in [3.63, 3.8) is 0 Å². The van der Waals surface area contributed by atoms with Crippen LogP contribution in [-0.4, -0.2) is 4.98 Å². The summed E-state index contributed by atoms with van der Waals surface area (Å²) in [4.78, 5) is 5.93. The van der Waals surface area contributed by atoms with Crippen molar-refractivity contribution >= 4 is 45.0 Å². The molecule has 0 aliphatic rings. The van der Waals surface area contributed by atoms with Gasteiger partial charge in [0.05, 0.1) is 9.88 Å². The lowest BCUT2D eigenvalue weighted by Gasteiger charge is -2.06. The Labute approximate surface area is 170 Å². The highest BCUT2D eigenvalue weighted by Crippen LogP contribution is 2.38. The lowest BCUT2D eigenvalue weighted by Crippen LogP contribution is -1.92. The van der Waals surface area contributed by atoms with Crippen LogP contribution in [0.15, 0.2) is 60.0 Å². The molecular formula is C21H16ClFN2S2. The molecule has 0 radical (unpaired) electrons. The van der Waals surface area contributed by atoms with E-state index in [0.717, 1.165) is 43.3 Å². The van der Waals surface area contributed by atoms with E-state index in [1.807, 2.05) is 47.8 Å². The van der Waals surface area contributed by atoms with E-state index in [-0.39, 0.29) is 5.82 Å². The van der Waals surface area contributed by atoms with Gasteiger partial charge in [0.1, 0.15) is 16.5 Å². The van der Waals surface area contributed by atoms with Crippen LogP contribution in [0.1, 0.15) is 16.1 Å². The van der Waals surface area contributed by atoms with Gasteiger partial charge in [0.15, 0.2) is 0 Å². The third-order valence-corrected chi connectivity index (χ3v) is 6.22. The number of halogens is 2. The highest BCUT2D eigenvalue weighted by Gasteiger charge is 2.15. The Bertz CT molecular complexity index is 1060. The van der Waals surface area contributed by atoms with Crippen LogP contribution in [0.2, 0.25) is 5.02 Å². The summed E-state index contributed by atoms with van der Waals surface area (Å²) in [5.41, 5.74) is 3.41. The minimum absolute atomic E-state index is 0.219. The summed E-state index contributed by atoms with van der Waals surface area (Å²) in [6, 6.07) is 17.0. The van der Waals surface area contributed by atoms with E-state index >= 15 is 0 Å². The number of benzene rings is 2. The number of aromatic nitrogens is 1. The molecule has 4 rings (SSSR count). The van der Waals surface area contributed by atoms with Gasteiger partial charge in [-0.15, -0.1) is 22.7 Å². The van der Waals surface area contributed by atoms with Crippen LogP contribution in [0, 0.1) is 12.7 Å². The topological polar surface area (TPSA) is 24.9 Å². The first kappa shape index (κ1) is 18.2. The van der Waals surface area contributed by atoms with Gasteiger partial charge in [0.2, 0.25) is 0 Å². The molecule has 0 saturated heterocycles. The number of anilines is 2. The van der Waals surface area contributed by atoms with Crippen molar-refractivity contribution in [1.82, 2.24) is 4.98 Å². The van der Waals surface area contributed by atoms with Crippen LogP contribution in [-0.2, 0) is 6.42 Å². The maximum atomic E-state index is 13.9. The van der Waals surface area contributed by atoms with E-state index in [1.54, 1.807) is 35.7 Å². The SMILES string of the molecule is Cc1ccc(Nc2sc(Cc3ccc(Cl)cc3)nc2-c2cccs2)cc1F. The van der Waals surface area contributed by atoms with Gasteiger partial charge in [0.25, 0.3) is 0 Å². The lowest BCUT2D eigenvalue weighted by atomic mass is 10.2. The van der Waals surface area contributed by atoms with Crippen LogP contribution in [0.25, 0.3) is 10.6 Å². The van der Waals surface area contributed by atoms with Crippen molar-refractivity contribution in [2.24, 2.45) is 0 Å². The average Bonchev–Trinajstić information content (AvgIpc) is 3.30. The van der Waals surface area contributed by atoms with Gasteiger partial charge in [-0.05, 0) is 53.8 Å². The zero-order valence-electron chi connectivity index (χ0n) is 14.5. The second kappa shape index (κ2) is 7.80. The Morgan fingerprint density at radius 3 is 2.63 bits per heavy atom. The zero-order chi connectivity index (χ0) is 18.8. The molecule has 136 valence electrons. The van der Waals surface area contributed by atoms with Gasteiger partial charge in [0, 0.05) is 17.1 Å². The van der Waals surface area contributed by atoms with E-state index in [1.165, 1.54) is 6.07 Å². The van der Waals surface area contributed by atoms with E-state index in [4.69, 9.17) is 16.6 Å². The highest BCUT2D eigenvalue weighted by molar-refractivity contribution is 7.18. The van der Waals surface area contributed by atoms with Gasteiger partial charge in [-0.3, -0.25) is 0 Å². The Morgan fingerprint density at radius 1 is 1.11 bits per heavy atom. The van der Waals surface area contributed by atoms with Gasteiger partial charge >= 0.3 is 0 Å². The van der Waals surface area contributed by atoms with Crippen LogP contribution in [0.4, 0.5) is 15.1 Å². The van der Waals surface area contributed by atoms with Gasteiger partial charge in [-0.1, -0.05) is 35.9 Å². The Morgan fingerprint density at radius 2 is 1.93 bits per heavy atom. The van der Waals surface area contributed by atoms with Crippen molar-refractivity contribution in [3.8, 4) is 10.6 Å². The molecule has 2 aromatic heterocycles. The molecule has 6 heteroatoms. The Balaban J connectivity index is 1.67. The van der Waals surface area contributed by atoms with E-state index in [9.17, 15) is 4.39 Å². The molecule has 1 N–H and O–H groups in total. The minimum Gasteiger partial charge on any atom is -0.345 e. The molecule has 0 unspecified atom stereocenters.